The molecule has 23 heavy (non-hydrogen) atoms. The number of nitrogens with zero attached hydrogens (tertiary/aromatic N) is 1. The summed E-state index contributed by atoms with van der Waals surface area (Å²) in [5, 5.41) is 4.87. The second-order valence-corrected chi connectivity index (χ2v) is 7.86. The Labute approximate surface area is 140 Å². The second kappa shape index (κ2) is 7.20. The maximum absolute atomic E-state index is 12.4. The molecule has 0 fully saturated rings. The molecule has 1 heterocycles. The van der Waals surface area contributed by atoms with Gasteiger partial charge in [0.05, 0.1) is 4.90 Å². The third kappa shape index (κ3) is 4.60. The van der Waals surface area contributed by atoms with Gasteiger partial charge in [0, 0.05) is 24.5 Å². The van der Waals surface area contributed by atoms with Crippen LogP contribution in [0.3, 0.4) is 0 Å². The lowest BCUT2D eigenvalue weighted by atomic mass is 10.1. The Kier molecular flexibility index (Phi) is 5.51. The summed E-state index contributed by atoms with van der Waals surface area (Å²) in [6.45, 7) is 5.49. The number of hydrogen-bond acceptors (Lipinski definition) is 5. The quantitative estimate of drug-likeness (QED) is 0.834. The van der Waals surface area contributed by atoms with E-state index < -0.39 is 10.0 Å². The van der Waals surface area contributed by atoms with Gasteiger partial charge in [-0.1, -0.05) is 17.7 Å². The molecule has 1 aromatic heterocycles. The minimum Gasteiger partial charge on any atom is -0.302 e. The van der Waals surface area contributed by atoms with Gasteiger partial charge in [0.1, 0.15) is 0 Å². The van der Waals surface area contributed by atoms with E-state index in [4.69, 9.17) is 0 Å². The van der Waals surface area contributed by atoms with Crippen LogP contribution in [0.1, 0.15) is 23.1 Å². The first-order chi connectivity index (χ1) is 10.8. The highest BCUT2D eigenvalue weighted by Gasteiger charge is 2.19. The van der Waals surface area contributed by atoms with Gasteiger partial charge in [-0.2, -0.15) is 0 Å². The molecule has 0 aliphatic carbocycles. The first kappa shape index (κ1) is 17.6. The number of amides is 1. The number of thiazole rings is 1. The molecule has 1 amide bonds. The lowest BCUT2D eigenvalue weighted by Crippen LogP contribution is -2.29. The summed E-state index contributed by atoms with van der Waals surface area (Å²) in [5.74, 6) is -0.278. The van der Waals surface area contributed by atoms with Gasteiger partial charge in [-0.3, -0.25) is 4.79 Å². The molecule has 0 aliphatic rings. The van der Waals surface area contributed by atoms with Gasteiger partial charge in [-0.05, 0) is 31.9 Å². The topological polar surface area (TPSA) is 88.2 Å². The highest BCUT2D eigenvalue weighted by atomic mass is 32.2. The predicted molar refractivity (Wildman–Crippen MR) is 91.2 cm³/mol. The molecule has 0 bridgehead atoms. The number of rotatable bonds is 6. The molecule has 124 valence electrons. The summed E-state index contributed by atoms with van der Waals surface area (Å²) >= 11 is 1.31. The fraction of sp³-hybridized carbons (Fsp3) is 0.333. The van der Waals surface area contributed by atoms with Gasteiger partial charge < -0.3 is 5.32 Å². The first-order valence-corrected chi connectivity index (χ1v) is 9.43. The van der Waals surface area contributed by atoms with E-state index in [9.17, 15) is 13.2 Å². The van der Waals surface area contributed by atoms with Crippen molar-refractivity contribution in [1.29, 1.82) is 0 Å². The number of nitrogens with one attached hydrogen (secondary N) is 2. The summed E-state index contributed by atoms with van der Waals surface area (Å²) in [6, 6.07) is 3.66. The molecule has 8 heteroatoms. The normalized spacial score (nSPS) is 11.4. The van der Waals surface area contributed by atoms with Gasteiger partial charge in [-0.25, -0.2) is 18.1 Å². The van der Waals surface area contributed by atoms with Crippen LogP contribution < -0.4 is 10.0 Å². The van der Waals surface area contributed by atoms with Gasteiger partial charge in [0.15, 0.2) is 5.13 Å². The zero-order chi connectivity index (χ0) is 17.0. The van der Waals surface area contributed by atoms with E-state index in [1.54, 1.807) is 25.4 Å². The molecule has 6 nitrogen and oxygen atoms in total. The van der Waals surface area contributed by atoms with Crippen molar-refractivity contribution in [1.82, 2.24) is 9.71 Å². The van der Waals surface area contributed by atoms with Crippen molar-refractivity contribution in [3.8, 4) is 0 Å². The number of aromatic nitrogens is 1. The van der Waals surface area contributed by atoms with Crippen molar-refractivity contribution < 1.29 is 13.2 Å². The molecule has 0 atom stereocenters. The molecule has 1 aromatic carbocycles. The Bertz CT molecular complexity index is 776. The van der Waals surface area contributed by atoms with Crippen molar-refractivity contribution in [2.45, 2.75) is 32.1 Å². The number of carbonyl (C=O) groups is 1. The van der Waals surface area contributed by atoms with E-state index >= 15 is 0 Å². The molecule has 0 aliphatic heterocycles. The molecular formula is C15H19N3O3S2. The smallest absolute Gasteiger partial charge is 0.241 e. The summed E-state index contributed by atoms with van der Waals surface area (Å²) in [6.07, 6.45) is 1.63. The standard InChI is InChI=1S/C15H19N3O3S2/c1-10-8-11(2)14(12(3)9-10)23(20,21)17-5-4-13(19)18-15-16-6-7-22-15/h6-9,17H,4-5H2,1-3H3,(H,16,18,19). The predicted octanol–water partition coefficient (Wildman–Crippen LogP) is 2.38. The Morgan fingerprint density at radius 3 is 2.43 bits per heavy atom. The summed E-state index contributed by atoms with van der Waals surface area (Å²) < 4.78 is 27.3. The van der Waals surface area contributed by atoms with Crippen LogP contribution in [-0.2, 0) is 14.8 Å². The number of anilines is 1. The van der Waals surface area contributed by atoms with Crippen LogP contribution in [0.15, 0.2) is 28.6 Å². The van der Waals surface area contributed by atoms with Crippen LogP contribution in [0.2, 0.25) is 0 Å². The van der Waals surface area contributed by atoms with Gasteiger partial charge in [0.2, 0.25) is 15.9 Å². The fourth-order valence-corrected chi connectivity index (χ4v) is 4.45. The summed E-state index contributed by atoms with van der Waals surface area (Å²) in [5.41, 5.74) is 2.41. The zero-order valence-corrected chi connectivity index (χ0v) is 14.8. The van der Waals surface area contributed by atoms with E-state index in [1.165, 1.54) is 11.3 Å². The molecule has 0 spiro atoms. The highest BCUT2D eigenvalue weighted by molar-refractivity contribution is 7.89. The fourth-order valence-electron chi connectivity index (χ4n) is 2.43. The van der Waals surface area contributed by atoms with Crippen molar-refractivity contribution in [3.63, 3.8) is 0 Å². The van der Waals surface area contributed by atoms with Crippen LogP contribution in [0.4, 0.5) is 5.13 Å². The summed E-state index contributed by atoms with van der Waals surface area (Å²) in [7, 11) is -3.64. The Morgan fingerprint density at radius 2 is 1.87 bits per heavy atom. The number of benzene rings is 1. The minimum atomic E-state index is -3.64. The maximum Gasteiger partial charge on any atom is 0.241 e. The number of aryl methyl sites for hydroxylation is 3. The van der Waals surface area contributed by atoms with Gasteiger partial charge in [-0.15, -0.1) is 11.3 Å². The SMILES string of the molecule is Cc1cc(C)c(S(=O)(=O)NCCC(=O)Nc2nccs2)c(C)c1. The summed E-state index contributed by atoms with van der Waals surface area (Å²) in [4.78, 5) is 16.0. The van der Waals surface area contributed by atoms with Crippen molar-refractivity contribution >= 4 is 32.4 Å². The molecule has 0 unspecified atom stereocenters. The Hall–Kier alpha value is -1.77. The lowest BCUT2D eigenvalue weighted by Gasteiger charge is -2.13. The van der Waals surface area contributed by atoms with Crippen LogP contribution in [0.25, 0.3) is 0 Å². The van der Waals surface area contributed by atoms with Crippen molar-refractivity contribution in [2.24, 2.45) is 0 Å². The van der Waals surface area contributed by atoms with Crippen LogP contribution in [0.5, 0.6) is 0 Å². The van der Waals surface area contributed by atoms with Crippen LogP contribution in [-0.4, -0.2) is 25.9 Å². The Balaban J connectivity index is 1.98. The van der Waals surface area contributed by atoms with E-state index in [0.29, 0.717) is 16.3 Å². The zero-order valence-electron chi connectivity index (χ0n) is 13.2. The number of sulfonamides is 1. The number of carbonyl (C=O) groups excluding carboxylic acids is 1. The molecule has 2 rings (SSSR count). The molecule has 2 aromatic rings. The van der Waals surface area contributed by atoms with Crippen molar-refractivity contribution in [3.05, 3.63) is 40.4 Å². The molecule has 0 radical (unpaired) electrons. The average Bonchev–Trinajstić information content (AvgIpc) is 2.89. The monoisotopic (exact) mass is 353 g/mol. The van der Waals surface area contributed by atoms with Gasteiger partial charge >= 0.3 is 0 Å². The van der Waals surface area contributed by atoms with E-state index in [-0.39, 0.29) is 23.8 Å². The molecule has 0 saturated heterocycles. The second-order valence-electron chi connectivity index (χ2n) is 5.26. The highest BCUT2D eigenvalue weighted by Crippen LogP contribution is 2.21. The lowest BCUT2D eigenvalue weighted by molar-refractivity contribution is -0.116. The first-order valence-electron chi connectivity index (χ1n) is 7.06. The van der Waals surface area contributed by atoms with E-state index in [0.717, 1.165) is 5.56 Å². The maximum atomic E-state index is 12.4. The molecular weight excluding hydrogens is 334 g/mol. The van der Waals surface area contributed by atoms with Crippen LogP contribution >= 0.6 is 11.3 Å². The van der Waals surface area contributed by atoms with E-state index in [2.05, 4.69) is 15.0 Å². The third-order valence-electron chi connectivity index (χ3n) is 3.20. The van der Waals surface area contributed by atoms with Crippen LogP contribution in [0, 0.1) is 20.8 Å². The van der Waals surface area contributed by atoms with Crippen molar-refractivity contribution in [2.75, 3.05) is 11.9 Å². The molecule has 2 N–H and O–H groups in total. The van der Waals surface area contributed by atoms with Gasteiger partial charge in [0.25, 0.3) is 0 Å². The van der Waals surface area contributed by atoms with E-state index in [1.807, 2.05) is 19.1 Å². The number of hydrogen-bond donors (Lipinski definition) is 2. The molecule has 0 saturated carbocycles. The third-order valence-corrected chi connectivity index (χ3v) is 5.65. The Morgan fingerprint density at radius 1 is 1.22 bits per heavy atom. The average molecular weight is 353 g/mol. The minimum absolute atomic E-state index is 0.0340. The largest absolute Gasteiger partial charge is 0.302 e.